The number of aryl methyl sites for hydroxylation is 1. The van der Waals surface area contributed by atoms with Gasteiger partial charge < -0.3 is 5.73 Å². The van der Waals surface area contributed by atoms with E-state index in [1.807, 2.05) is 0 Å². The first-order valence-corrected chi connectivity index (χ1v) is 5.73. The second-order valence-corrected chi connectivity index (χ2v) is 3.98. The standard InChI is InChI=1S/C12H14FN3O2/c1-3-15-10-8(5-7(14)6-9(10)13)11(17)16(4-2)12(15)18/h5-6H,3-4,14H2,1-2H3. The number of fused-ring (bicyclic) bond motifs is 1. The van der Waals surface area contributed by atoms with Crippen molar-refractivity contribution >= 4 is 16.6 Å². The van der Waals surface area contributed by atoms with Crippen LogP contribution in [0.3, 0.4) is 0 Å². The molecule has 0 radical (unpaired) electrons. The number of benzene rings is 1. The normalized spacial score (nSPS) is 11.1. The van der Waals surface area contributed by atoms with Crippen molar-refractivity contribution in [3.05, 3.63) is 38.8 Å². The minimum atomic E-state index is -0.649. The predicted molar refractivity (Wildman–Crippen MR) is 68.2 cm³/mol. The Labute approximate surface area is 102 Å². The molecule has 2 rings (SSSR count). The van der Waals surface area contributed by atoms with Gasteiger partial charge in [-0.2, -0.15) is 0 Å². The molecule has 0 aliphatic rings. The number of hydrogen-bond acceptors (Lipinski definition) is 3. The third kappa shape index (κ3) is 1.61. The van der Waals surface area contributed by atoms with Crippen LogP contribution in [0, 0.1) is 5.82 Å². The van der Waals surface area contributed by atoms with E-state index in [-0.39, 0.29) is 29.7 Å². The quantitative estimate of drug-likeness (QED) is 0.807. The summed E-state index contributed by atoms with van der Waals surface area (Å²) in [4.78, 5) is 24.1. The lowest BCUT2D eigenvalue weighted by molar-refractivity contribution is 0.583. The molecule has 18 heavy (non-hydrogen) atoms. The molecule has 1 aromatic carbocycles. The Bertz CT molecular complexity index is 731. The van der Waals surface area contributed by atoms with Crippen molar-refractivity contribution in [2.24, 2.45) is 0 Å². The minimum Gasteiger partial charge on any atom is -0.399 e. The summed E-state index contributed by atoms with van der Waals surface area (Å²) in [6.07, 6.45) is 0. The highest BCUT2D eigenvalue weighted by molar-refractivity contribution is 5.82. The Morgan fingerprint density at radius 2 is 1.78 bits per heavy atom. The fourth-order valence-electron chi connectivity index (χ4n) is 2.10. The van der Waals surface area contributed by atoms with Crippen LogP contribution < -0.4 is 17.0 Å². The van der Waals surface area contributed by atoms with Crippen LogP contribution in [0.25, 0.3) is 10.9 Å². The largest absolute Gasteiger partial charge is 0.399 e. The zero-order valence-electron chi connectivity index (χ0n) is 10.2. The summed E-state index contributed by atoms with van der Waals surface area (Å²) in [5.74, 6) is -0.649. The van der Waals surface area contributed by atoms with Gasteiger partial charge in [-0.15, -0.1) is 0 Å². The lowest BCUT2D eigenvalue weighted by atomic mass is 10.2. The molecule has 1 heterocycles. The van der Waals surface area contributed by atoms with Gasteiger partial charge in [0, 0.05) is 18.8 Å². The Kier molecular flexibility index (Phi) is 2.94. The second kappa shape index (κ2) is 4.29. The summed E-state index contributed by atoms with van der Waals surface area (Å²) in [6.45, 7) is 3.94. The number of nitrogen functional groups attached to an aromatic ring is 1. The zero-order chi connectivity index (χ0) is 13.4. The Morgan fingerprint density at radius 3 is 2.33 bits per heavy atom. The molecule has 0 amide bonds. The van der Waals surface area contributed by atoms with Gasteiger partial charge in [0.15, 0.2) is 0 Å². The molecule has 0 aliphatic heterocycles. The van der Waals surface area contributed by atoms with Gasteiger partial charge in [-0.3, -0.25) is 13.9 Å². The number of nitrogens with zero attached hydrogens (tertiary/aromatic N) is 2. The van der Waals surface area contributed by atoms with Crippen molar-refractivity contribution in [2.75, 3.05) is 5.73 Å². The van der Waals surface area contributed by atoms with Crippen LogP contribution in [0.1, 0.15) is 13.8 Å². The second-order valence-electron chi connectivity index (χ2n) is 3.98. The maximum Gasteiger partial charge on any atom is 0.331 e. The molecule has 1 aromatic heterocycles. The first-order chi connectivity index (χ1) is 8.51. The molecule has 0 aliphatic carbocycles. The Morgan fingerprint density at radius 1 is 1.17 bits per heavy atom. The number of rotatable bonds is 2. The summed E-state index contributed by atoms with van der Waals surface area (Å²) in [5.41, 5.74) is 4.72. The van der Waals surface area contributed by atoms with Crippen molar-refractivity contribution < 1.29 is 4.39 Å². The van der Waals surface area contributed by atoms with Gasteiger partial charge in [0.1, 0.15) is 5.82 Å². The topological polar surface area (TPSA) is 70.0 Å². The van der Waals surface area contributed by atoms with E-state index in [1.165, 1.54) is 10.6 Å². The molecule has 2 aromatic rings. The predicted octanol–water partition coefficient (Wildman–Crippen LogP) is 0.924. The van der Waals surface area contributed by atoms with E-state index in [9.17, 15) is 14.0 Å². The van der Waals surface area contributed by atoms with Gasteiger partial charge in [0.25, 0.3) is 5.56 Å². The fraction of sp³-hybridized carbons (Fsp3) is 0.333. The van der Waals surface area contributed by atoms with Crippen LogP contribution in [-0.2, 0) is 13.1 Å². The molecule has 5 nitrogen and oxygen atoms in total. The van der Waals surface area contributed by atoms with E-state index >= 15 is 0 Å². The van der Waals surface area contributed by atoms with Crippen LogP contribution in [0.4, 0.5) is 10.1 Å². The van der Waals surface area contributed by atoms with E-state index in [0.717, 1.165) is 10.6 Å². The summed E-state index contributed by atoms with van der Waals surface area (Å²) < 4.78 is 16.2. The average molecular weight is 251 g/mol. The van der Waals surface area contributed by atoms with Crippen LogP contribution in [0.2, 0.25) is 0 Å². The molecule has 0 bridgehead atoms. The molecular weight excluding hydrogens is 237 g/mol. The highest BCUT2D eigenvalue weighted by Gasteiger charge is 2.15. The Balaban J connectivity index is 3.14. The summed E-state index contributed by atoms with van der Waals surface area (Å²) >= 11 is 0. The van der Waals surface area contributed by atoms with Gasteiger partial charge in [0.05, 0.1) is 10.9 Å². The van der Waals surface area contributed by atoms with E-state index in [1.54, 1.807) is 13.8 Å². The van der Waals surface area contributed by atoms with Crippen molar-refractivity contribution in [3.8, 4) is 0 Å². The van der Waals surface area contributed by atoms with E-state index < -0.39 is 17.1 Å². The maximum absolute atomic E-state index is 13.9. The number of aromatic nitrogens is 2. The number of anilines is 1. The minimum absolute atomic E-state index is 0.0198. The fourth-order valence-corrected chi connectivity index (χ4v) is 2.10. The van der Waals surface area contributed by atoms with E-state index in [2.05, 4.69) is 0 Å². The first-order valence-electron chi connectivity index (χ1n) is 5.73. The number of halogens is 1. The molecular formula is C12H14FN3O2. The molecule has 0 spiro atoms. The lowest BCUT2D eigenvalue weighted by Gasteiger charge is -2.12. The van der Waals surface area contributed by atoms with Crippen molar-refractivity contribution in [1.82, 2.24) is 9.13 Å². The van der Waals surface area contributed by atoms with Crippen molar-refractivity contribution in [2.45, 2.75) is 26.9 Å². The van der Waals surface area contributed by atoms with Crippen LogP contribution >= 0.6 is 0 Å². The van der Waals surface area contributed by atoms with E-state index in [4.69, 9.17) is 5.73 Å². The van der Waals surface area contributed by atoms with Crippen LogP contribution in [0.15, 0.2) is 21.7 Å². The summed E-state index contributed by atoms with van der Waals surface area (Å²) in [5, 5.41) is 0.135. The van der Waals surface area contributed by atoms with Crippen LogP contribution in [0.5, 0.6) is 0 Å². The smallest absolute Gasteiger partial charge is 0.331 e. The Hall–Kier alpha value is -2.11. The van der Waals surface area contributed by atoms with Gasteiger partial charge in [-0.05, 0) is 26.0 Å². The number of hydrogen-bond donors (Lipinski definition) is 1. The molecule has 2 N–H and O–H groups in total. The maximum atomic E-state index is 13.9. The number of nitrogens with two attached hydrogens (primary N) is 1. The van der Waals surface area contributed by atoms with Gasteiger partial charge in [-0.1, -0.05) is 0 Å². The van der Waals surface area contributed by atoms with Gasteiger partial charge in [-0.25, -0.2) is 9.18 Å². The third-order valence-corrected chi connectivity index (χ3v) is 2.93. The summed E-state index contributed by atoms with van der Waals surface area (Å²) in [7, 11) is 0. The molecule has 0 atom stereocenters. The van der Waals surface area contributed by atoms with E-state index in [0.29, 0.717) is 0 Å². The molecule has 0 fully saturated rings. The molecule has 6 heteroatoms. The highest BCUT2D eigenvalue weighted by Crippen LogP contribution is 2.17. The molecule has 0 saturated carbocycles. The average Bonchev–Trinajstić information content (AvgIpc) is 2.31. The van der Waals surface area contributed by atoms with Crippen LogP contribution in [-0.4, -0.2) is 9.13 Å². The molecule has 0 saturated heterocycles. The zero-order valence-corrected chi connectivity index (χ0v) is 10.2. The third-order valence-electron chi connectivity index (χ3n) is 2.93. The van der Waals surface area contributed by atoms with Crippen molar-refractivity contribution in [1.29, 1.82) is 0 Å². The van der Waals surface area contributed by atoms with Gasteiger partial charge >= 0.3 is 5.69 Å². The monoisotopic (exact) mass is 251 g/mol. The SMILES string of the molecule is CCn1c(=O)c2cc(N)cc(F)c2n(CC)c1=O. The van der Waals surface area contributed by atoms with Crippen molar-refractivity contribution in [3.63, 3.8) is 0 Å². The van der Waals surface area contributed by atoms with Gasteiger partial charge in [0.2, 0.25) is 0 Å². The highest BCUT2D eigenvalue weighted by atomic mass is 19.1. The molecule has 96 valence electrons. The molecule has 0 unspecified atom stereocenters. The summed E-state index contributed by atoms with van der Waals surface area (Å²) in [6, 6.07) is 2.52. The first kappa shape index (κ1) is 12.3. The lowest BCUT2D eigenvalue weighted by Crippen LogP contribution is -2.39.